The maximum atomic E-state index is 5.92. The van der Waals surface area contributed by atoms with E-state index in [0.29, 0.717) is 0 Å². The van der Waals surface area contributed by atoms with Crippen LogP contribution in [-0.4, -0.2) is 29.0 Å². The molecule has 1 aromatic heterocycles. The molecule has 0 aliphatic carbocycles. The fraction of sp³-hybridized carbons (Fsp3) is 0.320. The topological polar surface area (TPSA) is 25.4 Å². The number of benzene rings is 2. The molecule has 0 unspecified atom stereocenters. The SMILES string of the molecule is c1cncc(CCCCOc2ccc(-c3cccc(SN4CCCC4)c3)cc2)c1. The van der Waals surface area contributed by atoms with Crippen molar-refractivity contribution in [3.8, 4) is 16.9 Å². The number of ether oxygens (including phenoxy) is 1. The number of hydrogen-bond donors (Lipinski definition) is 0. The van der Waals surface area contributed by atoms with Crippen LogP contribution in [0.25, 0.3) is 11.1 Å². The molecule has 1 aliphatic heterocycles. The molecule has 0 atom stereocenters. The van der Waals surface area contributed by atoms with Crippen molar-refractivity contribution >= 4 is 11.9 Å². The molecule has 2 aromatic carbocycles. The van der Waals surface area contributed by atoms with Gasteiger partial charge in [-0.2, -0.15) is 0 Å². The van der Waals surface area contributed by atoms with Crippen LogP contribution in [0.3, 0.4) is 0 Å². The Morgan fingerprint density at radius 2 is 1.76 bits per heavy atom. The van der Waals surface area contributed by atoms with Crippen LogP contribution < -0.4 is 4.74 Å². The molecule has 0 bridgehead atoms. The second-order valence-electron chi connectivity index (χ2n) is 7.45. The predicted molar refractivity (Wildman–Crippen MR) is 121 cm³/mol. The number of hydrogen-bond acceptors (Lipinski definition) is 4. The average Bonchev–Trinajstić information content (AvgIpc) is 3.28. The van der Waals surface area contributed by atoms with Crippen molar-refractivity contribution in [1.29, 1.82) is 0 Å². The second-order valence-corrected chi connectivity index (χ2v) is 8.62. The van der Waals surface area contributed by atoms with Crippen LogP contribution in [0.4, 0.5) is 0 Å². The molecule has 1 saturated heterocycles. The van der Waals surface area contributed by atoms with Crippen molar-refractivity contribution in [2.75, 3.05) is 19.7 Å². The third kappa shape index (κ3) is 6.09. The first-order valence-corrected chi connectivity index (χ1v) is 11.3. The lowest BCUT2D eigenvalue weighted by atomic mass is 10.1. The van der Waals surface area contributed by atoms with Crippen LogP contribution in [0.2, 0.25) is 0 Å². The van der Waals surface area contributed by atoms with E-state index in [4.69, 9.17) is 4.74 Å². The number of aromatic nitrogens is 1. The standard InChI is InChI=1S/C25H28N2OS/c1(7-21-8-6-15-26-20-21)4-18-28-24-13-11-22(12-14-24)23-9-5-10-25(19-23)29-27-16-2-3-17-27/h5-6,8-15,19-20H,1-4,7,16-18H2. The molecule has 0 N–H and O–H groups in total. The van der Waals surface area contributed by atoms with Gasteiger partial charge in [-0.15, -0.1) is 0 Å². The Hall–Kier alpha value is -2.30. The first-order chi connectivity index (χ1) is 14.4. The smallest absolute Gasteiger partial charge is 0.119 e. The molecule has 1 fully saturated rings. The molecular weight excluding hydrogens is 376 g/mol. The minimum atomic E-state index is 0.752. The molecule has 4 rings (SSSR count). The third-order valence-corrected chi connectivity index (χ3v) is 6.26. The monoisotopic (exact) mass is 404 g/mol. The number of aryl methyl sites for hydroxylation is 1. The van der Waals surface area contributed by atoms with Gasteiger partial charge in [-0.3, -0.25) is 4.98 Å². The highest BCUT2D eigenvalue weighted by molar-refractivity contribution is 7.97. The molecule has 3 aromatic rings. The lowest BCUT2D eigenvalue weighted by molar-refractivity contribution is 0.307. The summed E-state index contributed by atoms with van der Waals surface area (Å²) in [7, 11) is 0. The minimum Gasteiger partial charge on any atom is -0.494 e. The Morgan fingerprint density at radius 3 is 2.55 bits per heavy atom. The Bertz CT molecular complexity index is 877. The normalized spacial score (nSPS) is 14.2. The average molecular weight is 405 g/mol. The summed E-state index contributed by atoms with van der Waals surface area (Å²) < 4.78 is 8.38. The van der Waals surface area contributed by atoms with Gasteiger partial charge in [-0.25, -0.2) is 4.31 Å². The van der Waals surface area contributed by atoms with E-state index in [-0.39, 0.29) is 0 Å². The van der Waals surface area contributed by atoms with Crippen LogP contribution in [0.5, 0.6) is 5.75 Å². The molecule has 0 radical (unpaired) electrons. The molecule has 2 heterocycles. The van der Waals surface area contributed by atoms with E-state index >= 15 is 0 Å². The van der Waals surface area contributed by atoms with Crippen LogP contribution in [0.15, 0.2) is 78.0 Å². The molecule has 0 amide bonds. The summed E-state index contributed by atoms with van der Waals surface area (Å²) in [6.45, 7) is 3.15. The van der Waals surface area contributed by atoms with E-state index in [1.807, 2.05) is 30.4 Å². The molecule has 150 valence electrons. The largest absolute Gasteiger partial charge is 0.494 e. The highest BCUT2D eigenvalue weighted by Gasteiger charge is 2.13. The summed E-state index contributed by atoms with van der Waals surface area (Å²) in [5.74, 6) is 0.942. The molecule has 1 aliphatic rings. The van der Waals surface area contributed by atoms with Crippen LogP contribution >= 0.6 is 11.9 Å². The molecule has 4 heteroatoms. The van der Waals surface area contributed by atoms with Crippen LogP contribution in [-0.2, 0) is 6.42 Å². The van der Waals surface area contributed by atoms with Crippen molar-refractivity contribution in [2.24, 2.45) is 0 Å². The highest BCUT2D eigenvalue weighted by atomic mass is 32.2. The van der Waals surface area contributed by atoms with Gasteiger partial charge in [-0.05, 0) is 91.1 Å². The predicted octanol–water partition coefficient (Wildman–Crippen LogP) is 6.25. The maximum absolute atomic E-state index is 5.92. The van der Waals surface area contributed by atoms with Gasteiger partial charge in [0.15, 0.2) is 0 Å². The quantitative estimate of drug-likeness (QED) is 0.311. The minimum absolute atomic E-state index is 0.752. The van der Waals surface area contributed by atoms with E-state index in [9.17, 15) is 0 Å². The van der Waals surface area contributed by atoms with Crippen molar-refractivity contribution in [3.63, 3.8) is 0 Å². The van der Waals surface area contributed by atoms with Crippen molar-refractivity contribution in [2.45, 2.75) is 37.0 Å². The van der Waals surface area contributed by atoms with E-state index in [1.165, 1.54) is 47.5 Å². The van der Waals surface area contributed by atoms with E-state index < -0.39 is 0 Å². The molecule has 0 spiro atoms. The fourth-order valence-corrected chi connectivity index (χ4v) is 4.63. The molecule has 3 nitrogen and oxygen atoms in total. The van der Waals surface area contributed by atoms with Gasteiger partial charge >= 0.3 is 0 Å². The van der Waals surface area contributed by atoms with Gasteiger partial charge in [0.2, 0.25) is 0 Å². The fourth-order valence-electron chi connectivity index (χ4n) is 3.57. The van der Waals surface area contributed by atoms with Crippen molar-refractivity contribution in [1.82, 2.24) is 9.29 Å². The van der Waals surface area contributed by atoms with Crippen LogP contribution in [0, 0.1) is 0 Å². The zero-order valence-electron chi connectivity index (χ0n) is 16.8. The summed E-state index contributed by atoms with van der Waals surface area (Å²) in [4.78, 5) is 5.48. The highest BCUT2D eigenvalue weighted by Crippen LogP contribution is 2.30. The number of nitrogens with zero attached hydrogens (tertiary/aromatic N) is 2. The molecular formula is C25H28N2OS. The summed E-state index contributed by atoms with van der Waals surface area (Å²) in [5, 5.41) is 0. The van der Waals surface area contributed by atoms with Gasteiger partial charge in [-0.1, -0.05) is 30.3 Å². The Balaban J connectivity index is 1.25. The lowest BCUT2D eigenvalue weighted by Gasteiger charge is -2.14. The summed E-state index contributed by atoms with van der Waals surface area (Å²) in [6, 6.07) is 21.4. The lowest BCUT2D eigenvalue weighted by Crippen LogP contribution is -2.08. The van der Waals surface area contributed by atoms with E-state index in [2.05, 4.69) is 63.9 Å². The second kappa shape index (κ2) is 10.5. The number of unbranched alkanes of at least 4 members (excludes halogenated alkanes) is 1. The van der Waals surface area contributed by atoms with Gasteiger partial charge in [0.05, 0.1) is 6.61 Å². The van der Waals surface area contributed by atoms with Gasteiger partial charge in [0, 0.05) is 30.4 Å². The van der Waals surface area contributed by atoms with Crippen molar-refractivity contribution < 1.29 is 4.74 Å². The number of rotatable bonds is 9. The van der Waals surface area contributed by atoms with Gasteiger partial charge in [0.1, 0.15) is 5.75 Å². The molecule has 0 saturated carbocycles. The number of pyridine rings is 1. The van der Waals surface area contributed by atoms with Crippen LogP contribution in [0.1, 0.15) is 31.2 Å². The molecule has 29 heavy (non-hydrogen) atoms. The van der Waals surface area contributed by atoms with E-state index in [0.717, 1.165) is 31.6 Å². The summed E-state index contributed by atoms with van der Waals surface area (Å²) in [5.41, 5.74) is 3.79. The first kappa shape index (κ1) is 20.0. The Kier molecular flexibility index (Phi) is 7.22. The zero-order valence-corrected chi connectivity index (χ0v) is 17.6. The zero-order chi connectivity index (χ0) is 19.7. The van der Waals surface area contributed by atoms with Gasteiger partial charge < -0.3 is 4.74 Å². The third-order valence-electron chi connectivity index (χ3n) is 5.17. The maximum Gasteiger partial charge on any atom is 0.119 e. The van der Waals surface area contributed by atoms with Gasteiger partial charge in [0.25, 0.3) is 0 Å². The summed E-state index contributed by atoms with van der Waals surface area (Å²) >= 11 is 1.88. The summed E-state index contributed by atoms with van der Waals surface area (Å²) in [6.07, 6.45) is 9.62. The van der Waals surface area contributed by atoms with E-state index in [1.54, 1.807) is 0 Å². The first-order valence-electron chi connectivity index (χ1n) is 10.5. The Morgan fingerprint density at radius 1 is 0.897 bits per heavy atom. The Labute approximate surface area is 178 Å². The van der Waals surface area contributed by atoms with Crippen molar-refractivity contribution in [3.05, 3.63) is 78.6 Å².